The zero-order valence-corrected chi connectivity index (χ0v) is 23.6. The average molecular weight is 506 g/mol. The number of hydrogen-bond acceptors (Lipinski definition) is 4. The van der Waals surface area contributed by atoms with Gasteiger partial charge in [0.05, 0.1) is 5.57 Å². The van der Waals surface area contributed by atoms with E-state index in [0.29, 0.717) is 0 Å². The number of carboxylic acid groups (broad SMARTS) is 1. The van der Waals surface area contributed by atoms with Crippen LogP contribution in [0, 0.1) is 68.0 Å². The number of ketones is 2. The summed E-state index contributed by atoms with van der Waals surface area (Å²) in [4.78, 5) is 39.2. The van der Waals surface area contributed by atoms with E-state index in [1.807, 2.05) is 26.0 Å². The number of hydrogen-bond donors (Lipinski definition) is 1. The van der Waals surface area contributed by atoms with Gasteiger partial charge >= 0.3 is 5.97 Å². The second-order valence-corrected chi connectivity index (χ2v) is 15.1. The molecule has 0 aromatic carbocycles. The van der Waals surface area contributed by atoms with Crippen LogP contribution in [0.4, 0.5) is 0 Å². The zero-order valence-electron chi connectivity index (χ0n) is 23.6. The molecule has 5 rings (SSSR count). The molecule has 0 aliphatic heterocycles. The van der Waals surface area contributed by atoms with Gasteiger partial charge in [0, 0.05) is 23.2 Å². The molecule has 3 saturated carbocycles. The van der Waals surface area contributed by atoms with Crippen molar-refractivity contribution in [3.63, 3.8) is 0 Å². The molecule has 0 aromatic rings. The topological polar surface area (TPSA) is 95.2 Å². The van der Waals surface area contributed by atoms with Gasteiger partial charge < -0.3 is 5.11 Å². The number of nitrogens with zero attached hydrogens (tertiary/aromatic N) is 1. The van der Waals surface area contributed by atoms with Crippen LogP contribution < -0.4 is 0 Å². The van der Waals surface area contributed by atoms with E-state index in [2.05, 4.69) is 40.7 Å². The predicted molar refractivity (Wildman–Crippen MR) is 141 cm³/mol. The minimum absolute atomic E-state index is 0.00649. The second kappa shape index (κ2) is 7.90. The van der Waals surface area contributed by atoms with Crippen molar-refractivity contribution in [1.82, 2.24) is 0 Å². The number of fused-ring (bicyclic) bond motifs is 7. The number of carbonyl (C=O) groups excluding carboxylic acids is 2. The van der Waals surface area contributed by atoms with Gasteiger partial charge in [-0.25, -0.2) is 0 Å². The lowest BCUT2D eigenvalue weighted by Crippen LogP contribution is -2.63. The van der Waals surface area contributed by atoms with Crippen molar-refractivity contribution >= 4 is 17.5 Å². The predicted octanol–water partition coefficient (Wildman–Crippen LogP) is 6.54. The van der Waals surface area contributed by atoms with Gasteiger partial charge in [-0.3, -0.25) is 14.4 Å². The molecule has 5 aliphatic rings. The Balaban J connectivity index is 1.65. The first-order valence-corrected chi connectivity index (χ1v) is 14.2. The molecule has 37 heavy (non-hydrogen) atoms. The minimum Gasteiger partial charge on any atom is -0.481 e. The lowest BCUT2D eigenvalue weighted by atomic mass is 9.35. The zero-order chi connectivity index (χ0) is 27.3. The summed E-state index contributed by atoms with van der Waals surface area (Å²) < 4.78 is 0. The maximum Gasteiger partial charge on any atom is 0.303 e. The van der Waals surface area contributed by atoms with Crippen molar-refractivity contribution in [2.24, 2.45) is 56.7 Å². The maximum atomic E-state index is 14.3. The Kier molecular flexibility index (Phi) is 5.64. The standard InChI is InChI=1S/C32H43NO4/c1-28(2)14-18(12-25(35)36)20-8-10-32(7)26(21(20)16-28)22(34)13-24-30(5)15-19(17-33)27(37)29(3,4)23(30)9-11-31(24,32)6/h13,15,18,20-21,23,26H,8-12,14,16H2,1-7H3,(H,35,36)/t18-,20-,21+,23+,26+,30+,31-,32-/m1/s1. The average Bonchev–Trinajstić information content (AvgIpc) is 2.76. The summed E-state index contributed by atoms with van der Waals surface area (Å²) in [6, 6.07) is 2.17. The quantitative estimate of drug-likeness (QED) is 0.460. The Morgan fingerprint density at radius 2 is 1.70 bits per heavy atom. The van der Waals surface area contributed by atoms with E-state index in [-0.39, 0.29) is 69.4 Å². The van der Waals surface area contributed by atoms with Gasteiger partial charge in [0.1, 0.15) is 6.07 Å². The number of carboxylic acids is 1. The molecule has 200 valence electrons. The van der Waals surface area contributed by atoms with Crippen LogP contribution in [0.1, 0.15) is 93.4 Å². The molecule has 5 nitrogen and oxygen atoms in total. The van der Waals surface area contributed by atoms with Gasteiger partial charge in [0.25, 0.3) is 0 Å². The molecule has 0 saturated heterocycles. The summed E-state index contributed by atoms with van der Waals surface area (Å²) in [5.41, 5.74) is -0.296. The van der Waals surface area contributed by atoms with Gasteiger partial charge in [0.15, 0.2) is 11.6 Å². The Hall–Kier alpha value is -2.22. The third-order valence-electron chi connectivity index (χ3n) is 12.3. The molecule has 5 heteroatoms. The van der Waals surface area contributed by atoms with E-state index >= 15 is 0 Å². The van der Waals surface area contributed by atoms with Gasteiger partial charge in [-0.1, -0.05) is 60.1 Å². The van der Waals surface area contributed by atoms with Crippen molar-refractivity contribution < 1.29 is 19.5 Å². The smallest absolute Gasteiger partial charge is 0.303 e. The molecule has 0 amide bonds. The molecule has 5 aliphatic carbocycles. The number of allylic oxidation sites excluding steroid dienone is 4. The summed E-state index contributed by atoms with van der Waals surface area (Å²) in [6.07, 6.45) is 9.54. The first kappa shape index (κ1) is 26.4. The highest BCUT2D eigenvalue weighted by Crippen LogP contribution is 2.73. The molecule has 0 unspecified atom stereocenters. The minimum atomic E-state index is -0.736. The second-order valence-electron chi connectivity index (χ2n) is 15.1. The van der Waals surface area contributed by atoms with E-state index in [4.69, 9.17) is 0 Å². The molecule has 0 bridgehead atoms. The highest BCUT2D eigenvalue weighted by Gasteiger charge is 2.68. The number of nitriles is 1. The van der Waals surface area contributed by atoms with Crippen molar-refractivity contribution in [2.75, 3.05) is 0 Å². The first-order chi connectivity index (χ1) is 17.0. The van der Waals surface area contributed by atoms with Crippen molar-refractivity contribution in [3.05, 3.63) is 23.3 Å². The van der Waals surface area contributed by atoms with Crippen LogP contribution in [0.5, 0.6) is 0 Å². The van der Waals surface area contributed by atoms with Crippen LogP contribution in [-0.2, 0) is 14.4 Å². The number of carbonyl (C=O) groups is 3. The van der Waals surface area contributed by atoms with Crippen molar-refractivity contribution in [1.29, 1.82) is 5.26 Å². The fourth-order valence-electron chi connectivity index (χ4n) is 10.6. The summed E-state index contributed by atoms with van der Waals surface area (Å²) in [6.45, 7) is 15.2. The van der Waals surface area contributed by atoms with E-state index in [9.17, 15) is 24.8 Å². The van der Waals surface area contributed by atoms with Crippen LogP contribution in [0.15, 0.2) is 23.3 Å². The van der Waals surface area contributed by atoms with E-state index < -0.39 is 16.8 Å². The summed E-state index contributed by atoms with van der Waals surface area (Å²) in [7, 11) is 0. The van der Waals surface area contributed by atoms with Gasteiger partial charge in [-0.05, 0) is 84.5 Å². The summed E-state index contributed by atoms with van der Waals surface area (Å²) >= 11 is 0. The van der Waals surface area contributed by atoms with Crippen LogP contribution in [0.2, 0.25) is 0 Å². The molecule has 8 atom stereocenters. The third-order valence-corrected chi connectivity index (χ3v) is 12.3. The highest BCUT2D eigenvalue weighted by atomic mass is 16.4. The molecule has 0 spiro atoms. The maximum absolute atomic E-state index is 14.3. The van der Waals surface area contributed by atoms with Crippen molar-refractivity contribution in [3.8, 4) is 6.07 Å². The van der Waals surface area contributed by atoms with Gasteiger partial charge in [-0.2, -0.15) is 5.26 Å². The molecule has 1 N–H and O–H groups in total. The largest absolute Gasteiger partial charge is 0.481 e. The molecule has 0 radical (unpaired) electrons. The lowest BCUT2D eigenvalue weighted by molar-refractivity contribution is -0.162. The summed E-state index contributed by atoms with van der Waals surface area (Å²) in [5, 5.41) is 19.5. The molecule has 0 aromatic heterocycles. The van der Waals surface area contributed by atoms with Gasteiger partial charge in [0.2, 0.25) is 0 Å². The fourth-order valence-corrected chi connectivity index (χ4v) is 10.6. The lowest BCUT2D eigenvalue weighted by Gasteiger charge is -2.68. The van der Waals surface area contributed by atoms with Crippen LogP contribution >= 0.6 is 0 Å². The number of aliphatic carboxylic acids is 1. The molecular formula is C32H43NO4. The third kappa shape index (κ3) is 3.43. The monoisotopic (exact) mass is 505 g/mol. The Bertz CT molecular complexity index is 1180. The van der Waals surface area contributed by atoms with E-state index in [1.54, 1.807) is 0 Å². The van der Waals surface area contributed by atoms with Crippen LogP contribution in [0.3, 0.4) is 0 Å². The molecule has 0 heterocycles. The number of rotatable bonds is 2. The Morgan fingerprint density at radius 3 is 2.32 bits per heavy atom. The normalized spacial score (nSPS) is 45.7. The number of Topliss-reactive ketones (excluding diaryl/α,β-unsaturated/α-hetero) is 1. The van der Waals surface area contributed by atoms with Crippen LogP contribution in [0.25, 0.3) is 0 Å². The van der Waals surface area contributed by atoms with E-state index in [0.717, 1.165) is 44.1 Å². The van der Waals surface area contributed by atoms with Gasteiger partial charge in [-0.15, -0.1) is 0 Å². The van der Waals surface area contributed by atoms with Crippen LogP contribution in [-0.4, -0.2) is 22.6 Å². The SMILES string of the molecule is CC1(C)C[C@@H](CC(=O)O)[C@H]2CC[C@]3(C)[C@H](C(=O)C=C4[C@@]5(C)C=C(C#N)C(=O)C(C)(C)[C@@H]5CC[C@]43C)[C@H]2C1. The van der Waals surface area contributed by atoms with Crippen molar-refractivity contribution in [2.45, 2.75) is 93.4 Å². The first-order valence-electron chi connectivity index (χ1n) is 14.2. The summed E-state index contributed by atoms with van der Waals surface area (Å²) in [5.74, 6) is -0.138. The Labute approximate surface area is 221 Å². The fraction of sp³-hybridized carbons (Fsp3) is 0.750. The highest BCUT2D eigenvalue weighted by molar-refractivity contribution is 6.04. The van der Waals surface area contributed by atoms with E-state index in [1.165, 1.54) is 0 Å². The Morgan fingerprint density at radius 1 is 1.03 bits per heavy atom. The molecule has 3 fully saturated rings. The molecular weight excluding hydrogens is 462 g/mol.